The van der Waals surface area contributed by atoms with Gasteiger partial charge in [-0.3, -0.25) is 0 Å². The zero-order chi connectivity index (χ0) is 26.9. The Morgan fingerprint density at radius 3 is 1.68 bits per heavy atom. The third-order valence-corrected chi connectivity index (χ3v) is 9.89. The third kappa shape index (κ3) is 4.44. The fraction of sp³-hybridized carbons (Fsp3) is 0.162. The molecule has 6 aromatic rings. The molecule has 196 valence electrons. The molecule has 7 rings (SSSR count). The van der Waals surface area contributed by atoms with E-state index in [1.54, 1.807) is 0 Å². The van der Waals surface area contributed by atoms with E-state index >= 15 is 0 Å². The number of rotatable bonds is 6. The van der Waals surface area contributed by atoms with Gasteiger partial charge < -0.3 is 4.57 Å². The molecule has 1 aliphatic rings. The first-order valence-electron chi connectivity index (χ1n) is 14.3. The number of fused-ring (bicyclic) bond motifs is 1. The van der Waals surface area contributed by atoms with Crippen molar-refractivity contribution in [3.63, 3.8) is 0 Å². The monoisotopic (exact) mass is 553 g/mol. The smallest absolute Gasteiger partial charge is 0.0690 e. The van der Waals surface area contributed by atoms with E-state index in [1.165, 1.54) is 80.7 Å². The summed E-state index contributed by atoms with van der Waals surface area (Å²) in [6, 6.07) is 43.8. The third-order valence-electron chi connectivity index (χ3n) is 8.17. The van der Waals surface area contributed by atoms with Crippen LogP contribution in [0.3, 0.4) is 0 Å². The largest absolute Gasteiger partial charge is 0.336 e. The maximum Gasteiger partial charge on any atom is 0.0690 e. The summed E-state index contributed by atoms with van der Waals surface area (Å²) in [5.74, 6) is 0. The number of aromatic nitrogens is 1. The molecule has 40 heavy (non-hydrogen) atoms. The highest BCUT2D eigenvalue weighted by Gasteiger charge is 2.32. The van der Waals surface area contributed by atoms with Crippen LogP contribution in [0.5, 0.6) is 0 Å². The van der Waals surface area contributed by atoms with Gasteiger partial charge in [-0.2, -0.15) is 0 Å². The normalized spacial score (nSPS) is 14.0. The molecule has 0 amide bonds. The molecular weight excluding hydrogens is 523 g/mol. The molecule has 4 aromatic carbocycles. The number of nitrogens with zero attached hydrogens (tertiary/aromatic N) is 1. The summed E-state index contributed by atoms with van der Waals surface area (Å²) < 4.78 is 2.71. The van der Waals surface area contributed by atoms with Crippen LogP contribution in [0.15, 0.2) is 121 Å². The minimum Gasteiger partial charge on any atom is -0.336 e. The summed E-state index contributed by atoms with van der Waals surface area (Å²) in [5.41, 5.74) is 8.67. The Labute approximate surface area is 245 Å². The first-order valence-corrected chi connectivity index (χ1v) is 15.5. The maximum absolute atomic E-state index is 6.44. The van der Waals surface area contributed by atoms with Gasteiger partial charge in [-0.15, -0.1) is 11.3 Å². The van der Waals surface area contributed by atoms with Crippen LogP contribution in [-0.2, 0) is 0 Å². The Morgan fingerprint density at radius 1 is 0.600 bits per heavy atom. The van der Waals surface area contributed by atoms with Gasteiger partial charge in [-0.05, 0) is 35.1 Å². The van der Waals surface area contributed by atoms with Gasteiger partial charge >= 0.3 is 0 Å². The SMILES string of the molecule is S=C(c1ccccc1)c1c(-c2ccccc2)n(C2CCCCC2)c2c(-c3ccccc3)sc(-c3ccccc3)c12. The van der Waals surface area contributed by atoms with Crippen molar-refractivity contribution in [3.8, 4) is 32.1 Å². The van der Waals surface area contributed by atoms with E-state index in [9.17, 15) is 0 Å². The standard InChI is InChI=1S/C37H31NS2/c39-35(27-18-8-2-9-19-27)31-32-34(38(30-24-14-5-15-25-30)33(31)26-16-6-1-7-17-26)37(29-22-12-4-13-23-29)40-36(32)28-20-10-3-11-21-28/h1-4,6-13,16-23,30H,5,14-15,24-25H2. The van der Waals surface area contributed by atoms with Gasteiger partial charge in [0.25, 0.3) is 0 Å². The molecule has 3 heteroatoms. The van der Waals surface area contributed by atoms with Crippen molar-refractivity contribution in [3.05, 3.63) is 132 Å². The molecule has 1 fully saturated rings. The summed E-state index contributed by atoms with van der Waals surface area (Å²) in [5, 5.41) is 1.30. The molecule has 0 atom stereocenters. The average molecular weight is 554 g/mol. The molecule has 0 bridgehead atoms. The van der Waals surface area contributed by atoms with Crippen LogP contribution in [0.1, 0.15) is 49.3 Å². The Morgan fingerprint density at radius 2 is 1.10 bits per heavy atom. The quantitative estimate of drug-likeness (QED) is 0.147. The lowest BCUT2D eigenvalue weighted by Crippen LogP contribution is -2.15. The number of hydrogen-bond acceptors (Lipinski definition) is 2. The topological polar surface area (TPSA) is 4.93 Å². The van der Waals surface area contributed by atoms with Crippen LogP contribution in [0.2, 0.25) is 0 Å². The van der Waals surface area contributed by atoms with Gasteiger partial charge in [-0.25, -0.2) is 0 Å². The highest BCUT2D eigenvalue weighted by atomic mass is 32.1. The van der Waals surface area contributed by atoms with Gasteiger partial charge in [0.1, 0.15) is 0 Å². The summed E-state index contributed by atoms with van der Waals surface area (Å²) in [7, 11) is 0. The summed E-state index contributed by atoms with van der Waals surface area (Å²) in [6.45, 7) is 0. The predicted molar refractivity (Wildman–Crippen MR) is 175 cm³/mol. The Bertz CT molecular complexity index is 1760. The molecule has 0 N–H and O–H groups in total. The fourth-order valence-corrected chi connectivity index (χ4v) is 8.00. The van der Waals surface area contributed by atoms with Crippen molar-refractivity contribution >= 4 is 39.3 Å². The van der Waals surface area contributed by atoms with Gasteiger partial charge in [-0.1, -0.05) is 153 Å². The van der Waals surface area contributed by atoms with Crippen LogP contribution >= 0.6 is 23.6 Å². The Kier molecular flexibility index (Phi) is 6.93. The van der Waals surface area contributed by atoms with Crippen LogP contribution in [0, 0.1) is 0 Å². The van der Waals surface area contributed by atoms with Gasteiger partial charge in [0, 0.05) is 21.9 Å². The van der Waals surface area contributed by atoms with Crippen molar-refractivity contribution in [2.24, 2.45) is 0 Å². The maximum atomic E-state index is 6.44. The van der Waals surface area contributed by atoms with Crippen molar-refractivity contribution < 1.29 is 0 Å². The molecule has 0 aliphatic heterocycles. The zero-order valence-corrected chi connectivity index (χ0v) is 24.1. The second-order valence-corrected chi connectivity index (χ2v) is 12.1. The number of thiocarbonyl (C=S) groups is 1. The summed E-state index contributed by atoms with van der Waals surface area (Å²) in [4.78, 5) is 3.56. The molecule has 0 radical (unpaired) electrons. The molecule has 0 spiro atoms. The Hall–Kier alpha value is -3.79. The van der Waals surface area contributed by atoms with Crippen LogP contribution < -0.4 is 0 Å². The lowest BCUT2D eigenvalue weighted by Gasteiger charge is -2.27. The van der Waals surface area contributed by atoms with Crippen LogP contribution in [0.25, 0.3) is 43.0 Å². The first-order chi connectivity index (χ1) is 19.8. The first kappa shape index (κ1) is 25.2. The lowest BCUT2D eigenvalue weighted by molar-refractivity contribution is 0.363. The number of thiophene rings is 1. The van der Waals surface area contributed by atoms with E-state index in [0.717, 1.165) is 10.4 Å². The zero-order valence-electron chi connectivity index (χ0n) is 22.4. The van der Waals surface area contributed by atoms with Crippen molar-refractivity contribution in [2.45, 2.75) is 38.1 Å². The molecule has 2 heterocycles. The molecular formula is C37H31NS2. The second-order valence-electron chi connectivity index (χ2n) is 10.7. The molecule has 1 saturated carbocycles. The summed E-state index contributed by atoms with van der Waals surface area (Å²) >= 11 is 8.36. The average Bonchev–Trinajstić information content (AvgIpc) is 3.59. The minimum atomic E-state index is 0.444. The van der Waals surface area contributed by atoms with E-state index in [0.29, 0.717) is 6.04 Å². The number of benzene rings is 4. The lowest BCUT2D eigenvalue weighted by atomic mass is 9.94. The van der Waals surface area contributed by atoms with E-state index < -0.39 is 0 Å². The molecule has 1 aliphatic carbocycles. The minimum absolute atomic E-state index is 0.444. The van der Waals surface area contributed by atoms with Gasteiger partial charge in [0.15, 0.2) is 0 Å². The van der Waals surface area contributed by atoms with E-state index in [-0.39, 0.29) is 0 Å². The van der Waals surface area contributed by atoms with E-state index in [4.69, 9.17) is 12.2 Å². The molecule has 0 unspecified atom stereocenters. The van der Waals surface area contributed by atoms with Crippen LogP contribution in [0.4, 0.5) is 0 Å². The van der Waals surface area contributed by atoms with E-state index in [2.05, 4.69) is 126 Å². The van der Waals surface area contributed by atoms with Crippen molar-refractivity contribution in [2.75, 3.05) is 0 Å². The molecule has 2 aromatic heterocycles. The highest BCUT2D eigenvalue weighted by Crippen LogP contribution is 2.52. The van der Waals surface area contributed by atoms with Crippen molar-refractivity contribution in [1.82, 2.24) is 4.57 Å². The summed E-state index contributed by atoms with van der Waals surface area (Å²) in [6.07, 6.45) is 6.26. The van der Waals surface area contributed by atoms with E-state index in [1.807, 2.05) is 11.3 Å². The molecule has 1 nitrogen and oxygen atoms in total. The second kappa shape index (κ2) is 11.0. The highest BCUT2D eigenvalue weighted by molar-refractivity contribution is 7.81. The van der Waals surface area contributed by atoms with Gasteiger partial charge in [0.05, 0.1) is 21.0 Å². The fourth-order valence-electron chi connectivity index (χ4n) is 6.35. The van der Waals surface area contributed by atoms with Crippen LogP contribution in [-0.4, -0.2) is 9.43 Å². The number of hydrogen-bond donors (Lipinski definition) is 0. The Balaban J connectivity index is 1.66. The van der Waals surface area contributed by atoms with Crippen molar-refractivity contribution in [1.29, 1.82) is 0 Å². The van der Waals surface area contributed by atoms with Gasteiger partial charge in [0.2, 0.25) is 0 Å². The predicted octanol–water partition coefficient (Wildman–Crippen LogP) is 11.0. The molecule has 0 saturated heterocycles.